The van der Waals surface area contributed by atoms with Crippen molar-refractivity contribution in [2.45, 2.75) is 200 Å². The number of nitrogens with zero attached hydrogens (tertiary/aromatic N) is 1. The molecule has 0 bridgehead atoms. The second-order valence-corrected chi connectivity index (χ2v) is 18.2. The minimum Gasteiger partial charge on any atom is -0.462 e. The Morgan fingerprint density at radius 3 is 1.45 bits per heavy atom. The van der Waals surface area contributed by atoms with Gasteiger partial charge in [-0.1, -0.05) is 184 Å². The van der Waals surface area contributed by atoms with Crippen LogP contribution in [0.5, 0.6) is 0 Å². The molecule has 0 saturated carbocycles. The van der Waals surface area contributed by atoms with Gasteiger partial charge in [0.25, 0.3) is 0 Å². The minimum atomic E-state index is -4.39. The van der Waals surface area contributed by atoms with Crippen molar-refractivity contribution in [2.75, 3.05) is 47.5 Å². The van der Waals surface area contributed by atoms with E-state index in [4.69, 9.17) is 18.5 Å². The number of phosphoric acid groups is 1. The number of hydrogen-bond acceptors (Lipinski definition) is 7. The molecule has 0 aliphatic heterocycles. The molecule has 58 heavy (non-hydrogen) atoms. The molecule has 0 saturated heterocycles. The van der Waals surface area contributed by atoms with Crippen LogP contribution in [-0.2, 0) is 32.7 Å². The van der Waals surface area contributed by atoms with Crippen LogP contribution >= 0.6 is 7.82 Å². The van der Waals surface area contributed by atoms with Crippen LogP contribution in [0, 0.1) is 0 Å². The van der Waals surface area contributed by atoms with Gasteiger partial charge in [0, 0.05) is 12.8 Å². The topological polar surface area (TPSA) is 108 Å². The van der Waals surface area contributed by atoms with E-state index in [2.05, 4.69) is 50.3 Å². The van der Waals surface area contributed by atoms with Gasteiger partial charge in [-0.2, -0.15) is 0 Å². The number of allylic oxidation sites excluding steroid dienone is 8. The average molecular weight is 839 g/mol. The molecule has 2 atom stereocenters. The van der Waals surface area contributed by atoms with E-state index in [1.807, 2.05) is 33.3 Å². The molecule has 338 valence electrons. The summed E-state index contributed by atoms with van der Waals surface area (Å²) in [5.41, 5.74) is 0. The van der Waals surface area contributed by atoms with Gasteiger partial charge in [-0.05, 0) is 44.9 Å². The lowest BCUT2D eigenvalue weighted by molar-refractivity contribution is -0.870. The summed E-state index contributed by atoms with van der Waals surface area (Å²) in [6.07, 6.45) is 47.5. The number of carbonyl (C=O) groups is 2. The van der Waals surface area contributed by atoms with Gasteiger partial charge in [0.1, 0.15) is 19.8 Å². The third-order valence-corrected chi connectivity index (χ3v) is 10.9. The van der Waals surface area contributed by atoms with Gasteiger partial charge in [-0.3, -0.25) is 18.6 Å². The van der Waals surface area contributed by atoms with Crippen molar-refractivity contribution in [1.29, 1.82) is 0 Å². The van der Waals surface area contributed by atoms with Crippen LogP contribution in [0.15, 0.2) is 48.6 Å². The van der Waals surface area contributed by atoms with Gasteiger partial charge >= 0.3 is 19.8 Å². The van der Waals surface area contributed by atoms with Crippen LogP contribution in [-0.4, -0.2) is 74.9 Å². The largest absolute Gasteiger partial charge is 0.472 e. The molecule has 0 aromatic heterocycles. The van der Waals surface area contributed by atoms with Crippen LogP contribution in [0.25, 0.3) is 0 Å². The van der Waals surface area contributed by atoms with Crippen LogP contribution in [0.2, 0.25) is 0 Å². The van der Waals surface area contributed by atoms with Gasteiger partial charge in [0.05, 0.1) is 27.7 Å². The molecule has 0 aliphatic rings. The lowest BCUT2D eigenvalue weighted by Crippen LogP contribution is -2.37. The molecule has 9 nitrogen and oxygen atoms in total. The first kappa shape index (κ1) is 56.0. The quantitative estimate of drug-likeness (QED) is 0.0213. The summed E-state index contributed by atoms with van der Waals surface area (Å²) in [6, 6.07) is 0. The molecule has 0 aromatic carbocycles. The normalized spacial score (nSPS) is 14.0. The number of esters is 2. The van der Waals surface area contributed by atoms with Crippen molar-refractivity contribution in [3.63, 3.8) is 0 Å². The lowest BCUT2D eigenvalue weighted by Gasteiger charge is -2.24. The van der Waals surface area contributed by atoms with Crippen molar-refractivity contribution in [2.24, 2.45) is 0 Å². The summed E-state index contributed by atoms with van der Waals surface area (Å²) in [7, 11) is 1.43. The molecular weight excluding hydrogens is 750 g/mol. The molecule has 10 heteroatoms. The molecule has 1 N–H and O–H groups in total. The summed E-state index contributed by atoms with van der Waals surface area (Å²) in [6.45, 7) is 4.33. The van der Waals surface area contributed by atoms with Crippen LogP contribution in [0.3, 0.4) is 0 Å². The fourth-order valence-corrected chi connectivity index (χ4v) is 6.94. The Morgan fingerprint density at radius 2 is 0.966 bits per heavy atom. The number of carbonyl (C=O) groups excluding carboxylic acids is 2. The van der Waals surface area contributed by atoms with Crippen molar-refractivity contribution in [3.05, 3.63) is 48.6 Å². The molecule has 0 spiro atoms. The number of quaternary nitrogens is 1. The molecular formula is C48H89NO8P+. The van der Waals surface area contributed by atoms with Gasteiger partial charge in [0.2, 0.25) is 0 Å². The smallest absolute Gasteiger partial charge is 0.462 e. The Labute approximate surface area is 356 Å². The van der Waals surface area contributed by atoms with E-state index in [-0.39, 0.29) is 32.0 Å². The van der Waals surface area contributed by atoms with E-state index in [1.54, 1.807) is 0 Å². The summed E-state index contributed by atoms with van der Waals surface area (Å²) in [4.78, 5) is 35.4. The molecule has 0 fully saturated rings. The summed E-state index contributed by atoms with van der Waals surface area (Å²) in [5.74, 6) is -0.887. The van der Waals surface area contributed by atoms with Crippen molar-refractivity contribution in [1.82, 2.24) is 0 Å². The van der Waals surface area contributed by atoms with E-state index < -0.39 is 26.5 Å². The first-order chi connectivity index (χ1) is 28.0. The summed E-state index contributed by atoms with van der Waals surface area (Å²) in [5, 5.41) is 0. The number of hydrogen-bond donors (Lipinski definition) is 1. The van der Waals surface area contributed by atoms with Gasteiger partial charge in [0.15, 0.2) is 6.10 Å². The Kier molecular flexibility index (Phi) is 39.0. The number of likely N-dealkylation sites (N-methyl/N-ethyl adjacent to an activating group) is 1. The number of ether oxygens (including phenoxy) is 2. The van der Waals surface area contributed by atoms with E-state index >= 15 is 0 Å². The summed E-state index contributed by atoms with van der Waals surface area (Å²) < 4.78 is 34.3. The number of rotatable bonds is 42. The molecule has 2 unspecified atom stereocenters. The van der Waals surface area contributed by atoms with E-state index in [1.165, 1.54) is 122 Å². The van der Waals surface area contributed by atoms with Crippen LogP contribution < -0.4 is 0 Å². The maximum atomic E-state index is 12.7. The van der Waals surface area contributed by atoms with Crippen molar-refractivity contribution < 1.29 is 42.1 Å². The SMILES string of the molecule is CCCCCC/C=C\C/C=C\C/C=C\C/C=C\CCC(=O)OC(COC(=O)CCCCCCCCCCCCCCCCCCC)COP(=O)(O)OCC[N+](C)(C)C. The van der Waals surface area contributed by atoms with Crippen molar-refractivity contribution >= 4 is 19.8 Å². The Bertz CT molecular complexity index is 1130. The fraction of sp³-hybridized carbons (Fsp3) is 0.792. The molecule has 0 aromatic rings. The lowest BCUT2D eigenvalue weighted by atomic mass is 10.0. The first-order valence-corrected chi connectivity index (χ1v) is 24.9. The highest BCUT2D eigenvalue weighted by molar-refractivity contribution is 7.47. The highest BCUT2D eigenvalue weighted by atomic mass is 31.2. The fourth-order valence-electron chi connectivity index (χ4n) is 6.20. The number of unbranched alkanes of at least 4 members (excludes halogenated alkanes) is 20. The summed E-state index contributed by atoms with van der Waals surface area (Å²) >= 11 is 0. The third-order valence-electron chi connectivity index (χ3n) is 9.88. The molecule has 0 radical (unpaired) electrons. The Balaban J connectivity index is 4.42. The third kappa shape index (κ3) is 43.5. The predicted octanol–water partition coefficient (Wildman–Crippen LogP) is 13.5. The van der Waals surface area contributed by atoms with Gasteiger partial charge < -0.3 is 18.9 Å². The zero-order valence-corrected chi connectivity index (χ0v) is 38.9. The highest BCUT2D eigenvalue weighted by Crippen LogP contribution is 2.43. The second kappa shape index (κ2) is 40.4. The Morgan fingerprint density at radius 1 is 0.534 bits per heavy atom. The molecule has 0 rings (SSSR count). The van der Waals surface area contributed by atoms with Gasteiger partial charge in [-0.25, -0.2) is 4.57 Å². The van der Waals surface area contributed by atoms with Gasteiger partial charge in [-0.15, -0.1) is 0 Å². The average Bonchev–Trinajstić information content (AvgIpc) is 3.17. The monoisotopic (exact) mass is 839 g/mol. The predicted molar refractivity (Wildman–Crippen MR) is 243 cm³/mol. The molecule has 0 aliphatic carbocycles. The van der Waals surface area contributed by atoms with E-state index in [9.17, 15) is 19.0 Å². The molecule has 0 amide bonds. The maximum Gasteiger partial charge on any atom is 0.472 e. The standard InChI is InChI=1S/C48H88NO8P/c1-6-8-10-12-14-16-18-20-22-24-26-28-30-32-34-36-38-40-47(50)54-44-46(45-56-58(52,53)55-43-42-49(3,4)5)57-48(51)41-39-37-35-33-31-29-27-25-23-21-19-17-15-13-11-9-7-2/h17,19,23,25,29,31,35,37,46H,6-16,18,20-22,24,26-28,30,32-34,36,38-45H2,1-5H3/p+1/b19-17-,25-23-,31-29-,37-35-. The maximum absolute atomic E-state index is 12.7. The molecule has 0 heterocycles. The van der Waals surface area contributed by atoms with Crippen molar-refractivity contribution in [3.8, 4) is 0 Å². The van der Waals surface area contributed by atoms with E-state index in [0.717, 1.165) is 38.5 Å². The zero-order valence-electron chi connectivity index (χ0n) is 38.0. The highest BCUT2D eigenvalue weighted by Gasteiger charge is 2.27. The van der Waals surface area contributed by atoms with Crippen LogP contribution in [0.4, 0.5) is 0 Å². The number of phosphoric ester groups is 1. The first-order valence-electron chi connectivity index (χ1n) is 23.4. The zero-order chi connectivity index (χ0) is 42.8. The van der Waals surface area contributed by atoms with E-state index in [0.29, 0.717) is 17.4 Å². The Hall–Kier alpha value is -2.03. The minimum absolute atomic E-state index is 0.0191. The van der Waals surface area contributed by atoms with Crippen LogP contribution in [0.1, 0.15) is 194 Å². The second-order valence-electron chi connectivity index (χ2n) is 16.8.